The number of aryl methyl sites for hydroxylation is 2. The number of nitrogens with two attached hydrogens (primary N) is 1. The second-order valence-electron chi connectivity index (χ2n) is 5.75. The van der Waals surface area contributed by atoms with Crippen molar-refractivity contribution in [2.75, 3.05) is 12.3 Å². The molecule has 21 heavy (non-hydrogen) atoms. The predicted molar refractivity (Wildman–Crippen MR) is 82.8 cm³/mol. The lowest BCUT2D eigenvalue weighted by atomic mass is 10.2. The van der Waals surface area contributed by atoms with Crippen LogP contribution in [-0.2, 0) is 24.8 Å². The summed E-state index contributed by atoms with van der Waals surface area (Å²) in [6.07, 6.45) is 1.85. The number of nitrogens with zero attached hydrogens (tertiary/aromatic N) is 4. The predicted octanol–water partition coefficient (Wildman–Crippen LogP) is 1.08. The summed E-state index contributed by atoms with van der Waals surface area (Å²) in [7, 11) is 1.85. The number of aromatic nitrogens is 4. The van der Waals surface area contributed by atoms with Crippen molar-refractivity contribution in [1.29, 1.82) is 0 Å². The van der Waals surface area contributed by atoms with Crippen LogP contribution < -0.4 is 11.1 Å². The normalized spacial score (nSPS) is 11.5. The largest absolute Gasteiger partial charge is 0.369 e. The smallest absolute Gasteiger partial charge is 0.240 e. The molecule has 0 aromatic carbocycles. The average Bonchev–Trinajstić information content (AvgIpc) is 2.87. The highest BCUT2D eigenvalue weighted by Gasteiger charge is 2.19. The van der Waals surface area contributed by atoms with Crippen LogP contribution in [0.25, 0.3) is 11.2 Å². The third-order valence-corrected chi connectivity index (χ3v) is 3.32. The molecule has 7 nitrogen and oxygen atoms in total. The summed E-state index contributed by atoms with van der Waals surface area (Å²) < 4.78 is 3.47. The maximum absolute atomic E-state index is 12.0. The van der Waals surface area contributed by atoms with E-state index in [9.17, 15) is 4.79 Å². The second kappa shape index (κ2) is 6.15. The molecule has 0 aliphatic heterocycles. The lowest BCUT2D eigenvalue weighted by Crippen LogP contribution is -2.31. The monoisotopic (exact) mass is 292 g/mol. The number of fused-ring (bicyclic) bond motifs is 1. The van der Waals surface area contributed by atoms with E-state index in [0.29, 0.717) is 18.4 Å². The molecule has 0 saturated heterocycles. The first-order chi connectivity index (χ1) is 9.93. The zero-order valence-corrected chi connectivity index (χ0v) is 13.2. The van der Waals surface area contributed by atoms with Crippen molar-refractivity contribution in [2.45, 2.75) is 40.2 Å². The summed E-state index contributed by atoms with van der Waals surface area (Å²) in [5.74, 6) is 0.713. The van der Waals surface area contributed by atoms with E-state index in [2.05, 4.69) is 36.2 Å². The molecular weight excluding hydrogens is 268 g/mol. The molecule has 2 heterocycles. The summed E-state index contributed by atoms with van der Waals surface area (Å²) in [5.41, 5.74) is 8.50. The molecule has 116 valence electrons. The van der Waals surface area contributed by atoms with Crippen molar-refractivity contribution in [1.82, 2.24) is 24.6 Å². The van der Waals surface area contributed by atoms with Gasteiger partial charge in [0.2, 0.25) is 11.9 Å². The quantitative estimate of drug-likeness (QED) is 0.833. The molecule has 0 aliphatic carbocycles. The Labute approximate surface area is 124 Å². The van der Waals surface area contributed by atoms with Gasteiger partial charge in [-0.3, -0.25) is 14.0 Å². The fraction of sp³-hybridized carbons (Fsp3) is 0.643. The highest BCUT2D eigenvalue weighted by Crippen LogP contribution is 2.21. The number of amides is 1. The number of rotatable bonds is 6. The molecule has 0 unspecified atom stereocenters. The molecule has 2 rings (SSSR count). The average molecular weight is 292 g/mol. The van der Waals surface area contributed by atoms with Crippen LogP contribution >= 0.6 is 0 Å². The van der Waals surface area contributed by atoms with Gasteiger partial charge < -0.3 is 11.1 Å². The van der Waals surface area contributed by atoms with Crippen molar-refractivity contribution < 1.29 is 4.79 Å². The van der Waals surface area contributed by atoms with E-state index in [1.807, 2.05) is 7.05 Å². The number of hydrogen-bond acceptors (Lipinski definition) is 4. The van der Waals surface area contributed by atoms with E-state index >= 15 is 0 Å². The summed E-state index contributed by atoms with van der Waals surface area (Å²) >= 11 is 0. The van der Waals surface area contributed by atoms with E-state index in [-0.39, 0.29) is 12.5 Å². The van der Waals surface area contributed by atoms with Gasteiger partial charge in [0.1, 0.15) is 12.1 Å². The van der Waals surface area contributed by atoms with Crippen LogP contribution in [0.5, 0.6) is 0 Å². The van der Waals surface area contributed by atoms with Gasteiger partial charge in [-0.15, -0.1) is 0 Å². The topological polar surface area (TPSA) is 90.8 Å². The van der Waals surface area contributed by atoms with Gasteiger partial charge in [0.05, 0.1) is 5.69 Å². The minimum absolute atomic E-state index is 0.0621. The van der Waals surface area contributed by atoms with Gasteiger partial charge in [0.25, 0.3) is 0 Å². The van der Waals surface area contributed by atoms with Crippen molar-refractivity contribution in [3.8, 4) is 0 Å². The van der Waals surface area contributed by atoms with Crippen LogP contribution in [0.4, 0.5) is 5.95 Å². The summed E-state index contributed by atoms with van der Waals surface area (Å²) in [6.45, 7) is 7.04. The Kier molecular flexibility index (Phi) is 4.50. The van der Waals surface area contributed by atoms with Crippen LogP contribution in [-0.4, -0.2) is 31.8 Å². The van der Waals surface area contributed by atoms with Gasteiger partial charge in [0.15, 0.2) is 5.65 Å². The number of hydrogen-bond donors (Lipinski definition) is 2. The first kappa shape index (κ1) is 15.3. The van der Waals surface area contributed by atoms with Gasteiger partial charge in [-0.05, 0) is 12.3 Å². The lowest BCUT2D eigenvalue weighted by molar-refractivity contribution is -0.121. The van der Waals surface area contributed by atoms with Gasteiger partial charge in [-0.25, -0.2) is 4.98 Å². The van der Waals surface area contributed by atoms with Crippen LogP contribution in [0, 0.1) is 5.92 Å². The number of anilines is 1. The Hall–Kier alpha value is -2.05. The molecule has 2 aromatic heterocycles. The third-order valence-electron chi connectivity index (χ3n) is 3.32. The number of carbonyl (C=O) groups excluding carboxylic acids is 1. The van der Waals surface area contributed by atoms with Crippen molar-refractivity contribution >= 4 is 23.0 Å². The molecule has 0 fully saturated rings. The Morgan fingerprint density at radius 2 is 2.14 bits per heavy atom. The fourth-order valence-electron chi connectivity index (χ4n) is 2.34. The molecule has 3 N–H and O–H groups in total. The lowest BCUT2D eigenvalue weighted by Gasteiger charge is -2.09. The molecule has 0 aliphatic rings. The number of nitrogen functional groups attached to an aromatic ring is 1. The van der Waals surface area contributed by atoms with Gasteiger partial charge >= 0.3 is 0 Å². The van der Waals surface area contributed by atoms with Crippen molar-refractivity contribution in [3.63, 3.8) is 0 Å². The van der Waals surface area contributed by atoms with Gasteiger partial charge in [-0.2, -0.15) is 5.10 Å². The Bertz CT molecular complexity index is 639. The number of nitrogens with one attached hydrogen (secondary N) is 1. The van der Waals surface area contributed by atoms with Crippen LogP contribution in [0.15, 0.2) is 0 Å². The van der Waals surface area contributed by atoms with E-state index in [0.717, 1.165) is 29.7 Å². The first-order valence-electron chi connectivity index (χ1n) is 7.38. The van der Waals surface area contributed by atoms with Crippen LogP contribution in [0.1, 0.15) is 32.9 Å². The maximum Gasteiger partial charge on any atom is 0.240 e. The van der Waals surface area contributed by atoms with Crippen molar-refractivity contribution in [3.05, 3.63) is 5.69 Å². The molecule has 0 atom stereocenters. The molecule has 0 saturated carbocycles. The molecule has 7 heteroatoms. The Morgan fingerprint density at radius 1 is 1.43 bits per heavy atom. The van der Waals surface area contributed by atoms with Crippen LogP contribution in [0.3, 0.4) is 0 Å². The Morgan fingerprint density at radius 3 is 2.76 bits per heavy atom. The molecule has 0 spiro atoms. The molecule has 1 amide bonds. The zero-order valence-electron chi connectivity index (χ0n) is 13.2. The molecular formula is C14H24N6O. The maximum atomic E-state index is 12.0. The summed E-state index contributed by atoms with van der Waals surface area (Å²) in [6, 6.07) is 0. The van der Waals surface area contributed by atoms with Crippen molar-refractivity contribution in [2.24, 2.45) is 13.0 Å². The number of imidazole rings is 1. The molecule has 0 bridgehead atoms. The minimum atomic E-state index is -0.0621. The fourth-order valence-corrected chi connectivity index (χ4v) is 2.34. The van der Waals surface area contributed by atoms with E-state index in [1.165, 1.54) is 0 Å². The highest BCUT2D eigenvalue weighted by atomic mass is 16.1. The first-order valence-corrected chi connectivity index (χ1v) is 7.38. The summed E-state index contributed by atoms with van der Waals surface area (Å²) in [4.78, 5) is 16.4. The van der Waals surface area contributed by atoms with Gasteiger partial charge in [0, 0.05) is 13.6 Å². The highest BCUT2D eigenvalue weighted by molar-refractivity contribution is 5.82. The van der Waals surface area contributed by atoms with E-state index in [4.69, 9.17) is 5.73 Å². The molecule has 2 aromatic rings. The SMILES string of the molecule is CCCc1nn(C)c2c1nc(N)n2CC(=O)NCC(C)C. The summed E-state index contributed by atoms with van der Waals surface area (Å²) in [5, 5.41) is 7.36. The standard InChI is InChI=1S/C14H24N6O/c1-5-6-10-12-13(19(4)18-10)20(14(15)17-12)8-11(21)16-7-9(2)3/h9H,5-8H2,1-4H3,(H2,15,17)(H,16,21). The van der Waals surface area contributed by atoms with Crippen LogP contribution in [0.2, 0.25) is 0 Å². The minimum Gasteiger partial charge on any atom is -0.369 e. The molecule has 0 radical (unpaired) electrons. The second-order valence-corrected chi connectivity index (χ2v) is 5.75. The zero-order chi connectivity index (χ0) is 15.6. The number of carbonyl (C=O) groups is 1. The van der Waals surface area contributed by atoms with E-state index < -0.39 is 0 Å². The van der Waals surface area contributed by atoms with E-state index in [1.54, 1.807) is 9.25 Å². The Balaban J connectivity index is 2.27. The third kappa shape index (κ3) is 3.17. The van der Waals surface area contributed by atoms with Gasteiger partial charge in [-0.1, -0.05) is 27.2 Å².